The number of rotatable bonds is 4. The van der Waals surface area contributed by atoms with Crippen LogP contribution in [0.25, 0.3) is 0 Å². The highest BCUT2D eigenvalue weighted by Gasteiger charge is 2.08. The molecule has 3 N–H and O–H groups in total. The van der Waals surface area contributed by atoms with Crippen LogP contribution in [0.1, 0.15) is 11.5 Å². The Labute approximate surface area is 81.5 Å². The summed E-state index contributed by atoms with van der Waals surface area (Å²) in [6, 6.07) is 0. The predicted molar refractivity (Wildman–Crippen MR) is 51.8 cm³/mol. The van der Waals surface area contributed by atoms with Gasteiger partial charge in [-0.25, -0.2) is 4.98 Å². The first-order valence-electron chi connectivity index (χ1n) is 4.08. The van der Waals surface area contributed by atoms with Gasteiger partial charge in [-0.1, -0.05) is 11.8 Å². The molecule has 0 saturated heterocycles. The average Bonchev–Trinajstić information content (AvgIpc) is 2.42. The molecule has 74 valence electrons. The number of hydrogen-bond donors (Lipinski definition) is 2. The number of thioether (sulfide) groups is 1. The summed E-state index contributed by atoms with van der Waals surface area (Å²) in [5, 5.41) is 9.78. The quantitative estimate of drug-likeness (QED) is 0.703. The van der Waals surface area contributed by atoms with Gasteiger partial charge in [-0.15, -0.1) is 0 Å². The van der Waals surface area contributed by atoms with E-state index in [2.05, 4.69) is 4.98 Å². The number of nitrogens with two attached hydrogens (primary N) is 1. The summed E-state index contributed by atoms with van der Waals surface area (Å²) < 4.78 is 5.31. The van der Waals surface area contributed by atoms with Gasteiger partial charge < -0.3 is 15.3 Å². The van der Waals surface area contributed by atoms with Crippen LogP contribution in [0.3, 0.4) is 0 Å². The molecule has 0 fully saturated rings. The summed E-state index contributed by atoms with van der Waals surface area (Å²) in [5.74, 6) is 1.35. The van der Waals surface area contributed by atoms with Crippen molar-refractivity contribution in [2.24, 2.45) is 5.73 Å². The number of hydrogen-bond acceptors (Lipinski definition) is 5. The number of oxazole rings is 1. The van der Waals surface area contributed by atoms with Crippen LogP contribution in [0.4, 0.5) is 0 Å². The molecule has 0 amide bonds. The van der Waals surface area contributed by atoms with Crippen molar-refractivity contribution in [2.75, 3.05) is 12.3 Å². The number of aryl methyl sites for hydroxylation is 2. The van der Waals surface area contributed by atoms with Crippen molar-refractivity contribution < 1.29 is 9.52 Å². The molecular weight excluding hydrogens is 188 g/mol. The molecule has 1 rings (SSSR count). The first-order valence-corrected chi connectivity index (χ1v) is 5.07. The van der Waals surface area contributed by atoms with E-state index in [-0.39, 0.29) is 6.54 Å². The Morgan fingerprint density at radius 3 is 2.77 bits per heavy atom. The molecule has 0 bridgehead atoms. The molecule has 0 radical (unpaired) electrons. The first-order chi connectivity index (χ1) is 6.13. The number of aliphatic hydroxyl groups excluding tert-OH is 1. The lowest BCUT2D eigenvalue weighted by molar-refractivity contribution is 0.207. The molecule has 0 aliphatic rings. The molecule has 1 aromatic rings. The Bertz CT molecular complexity index is 256. The Kier molecular flexibility index (Phi) is 3.77. The molecule has 0 aliphatic carbocycles. The van der Waals surface area contributed by atoms with E-state index in [0.717, 1.165) is 11.5 Å². The smallest absolute Gasteiger partial charge is 0.256 e. The van der Waals surface area contributed by atoms with Crippen molar-refractivity contribution >= 4 is 11.8 Å². The van der Waals surface area contributed by atoms with Gasteiger partial charge >= 0.3 is 0 Å². The molecule has 1 unspecified atom stereocenters. The number of aliphatic hydroxyl groups is 1. The van der Waals surface area contributed by atoms with Crippen LogP contribution in [0.2, 0.25) is 0 Å². The van der Waals surface area contributed by atoms with E-state index in [1.54, 1.807) is 0 Å². The highest BCUT2D eigenvalue weighted by molar-refractivity contribution is 7.99. The van der Waals surface area contributed by atoms with Crippen molar-refractivity contribution in [3.63, 3.8) is 0 Å². The first kappa shape index (κ1) is 10.6. The zero-order valence-corrected chi connectivity index (χ0v) is 8.60. The molecule has 0 spiro atoms. The molecule has 0 saturated carbocycles. The van der Waals surface area contributed by atoms with Crippen LogP contribution >= 0.6 is 11.8 Å². The Morgan fingerprint density at radius 2 is 2.31 bits per heavy atom. The van der Waals surface area contributed by atoms with Gasteiger partial charge in [-0.05, 0) is 13.8 Å². The summed E-state index contributed by atoms with van der Waals surface area (Å²) in [7, 11) is 0. The molecule has 5 heteroatoms. The lowest BCUT2D eigenvalue weighted by atomic mass is 10.4. The zero-order chi connectivity index (χ0) is 9.84. The summed E-state index contributed by atoms with van der Waals surface area (Å²) in [6.45, 7) is 4.03. The van der Waals surface area contributed by atoms with Gasteiger partial charge in [-0.2, -0.15) is 0 Å². The molecule has 1 heterocycles. The standard InChI is InChI=1S/C8H14N2O2S/c1-5-6(2)12-8(10-5)13-4-7(11)3-9/h7,11H,3-4,9H2,1-2H3. The maximum Gasteiger partial charge on any atom is 0.256 e. The largest absolute Gasteiger partial charge is 0.437 e. The maximum atomic E-state index is 9.18. The fraction of sp³-hybridized carbons (Fsp3) is 0.625. The highest BCUT2D eigenvalue weighted by Crippen LogP contribution is 2.20. The van der Waals surface area contributed by atoms with Gasteiger partial charge in [0.15, 0.2) is 0 Å². The predicted octanol–water partition coefficient (Wildman–Crippen LogP) is 0.703. The van der Waals surface area contributed by atoms with Crippen LogP contribution in [-0.4, -0.2) is 28.5 Å². The summed E-state index contributed by atoms with van der Waals surface area (Å²) in [4.78, 5) is 4.16. The van der Waals surface area contributed by atoms with Crippen LogP contribution in [0.15, 0.2) is 9.64 Å². The second-order valence-electron chi connectivity index (χ2n) is 2.82. The molecule has 0 aliphatic heterocycles. The summed E-state index contributed by atoms with van der Waals surface area (Å²) >= 11 is 1.38. The minimum absolute atomic E-state index is 0.270. The van der Waals surface area contributed by atoms with E-state index < -0.39 is 6.10 Å². The van der Waals surface area contributed by atoms with Crippen molar-refractivity contribution in [3.8, 4) is 0 Å². The molecule has 13 heavy (non-hydrogen) atoms. The highest BCUT2D eigenvalue weighted by atomic mass is 32.2. The van der Waals surface area contributed by atoms with Gasteiger partial charge in [0.1, 0.15) is 5.76 Å². The molecule has 1 atom stereocenters. The van der Waals surface area contributed by atoms with Crippen molar-refractivity contribution in [3.05, 3.63) is 11.5 Å². The maximum absolute atomic E-state index is 9.18. The zero-order valence-electron chi connectivity index (χ0n) is 7.78. The topological polar surface area (TPSA) is 72.3 Å². The van der Waals surface area contributed by atoms with Gasteiger partial charge in [0, 0.05) is 12.3 Å². The second kappa shape index (κ2) is 4.64. The number of nitrogens with zero attached hydrogens (tertiary/aromatic N) is 1. The van der Waals surface area contributed by atoms with Crippen molar-refractivity contribution in [1.29, 1.82) is 0 Å². The van der Waals surface area contributed by atoms with Gasteiger partial charge in [0.2, 0.25) is 0 Å². The normalized spacial score (nSPS) is 13.2. The molecule has 0 aromatic carbocycles. The lowest BCUT2D eigenvalue weighted by Gasteiger charge is -2.03. The van der Waals surface area contributed by atoms with E-state index in [1.165, 1.54) is 11.8 Å². The molecule has 4 nitrogen and oxygen atoms in total. The van der Waals surface area contributed by atoms with E-state index in [9.17, 15) is 5.11 Å². The minimum Gasteiger partial charge on any atom is -0.437 e. The van der Waals surface area contributed by atoms with Gasteiger partial charge in [-0.3, -0.25) is 0 Å². The van der Waals surface area contributed by atoms with E-state index in [0.29, 0.717) is 11.0 Å². The summed E-state index contributed by atoms with van der Waals surface area (Å²) in [6.07, 6.45) is -0.488. The fourth-order valence-electron chi connectivity index (χ4n) is 0.741. The van der Waals surface area contributed by atoms with E-state index in [1.807, 2.05) is 13.8 Å². The third-order valence-electron chi connectivity index (χ3n) is 1.68. The van der Waals surface area contributed by atoms with Crippen molar-refractivity contribution in [1.82, 2.24) is 4.98 Å². The third-order valence-corrected chi connectivity index (χ3v) is 2.65. The second-order valence-corrected chi connectivity index (χ2v) is 3.79. The lowest BCUT2D eigenvalue weighted by Crippen LogP contribution is -2.21. The third kappa shape index (κ3) is 3.02. The Balaban J connectivity index is 2.45. The van der Waals surface area contributed by atoms with Crippen LogP contribution in [0, 0.1) is 13.8 Å². The van der Waals surface area contributed by atoms with Gasteiger partial charge in [0.25, 0.3) is 5.22 Å². The average molecular weight is 202 g/mol. The van der Waals surface area contributed by atoms with E-state index in [4.69, 9.17) is 10.2 Å². The van der Waals surface area contributed by atoms with Crippen LogP contribution in [0.5, 0.6) is 0 Å². The minimum atomic E-state index is -0.488. The number of aromatic nitrogens is 1. The van der Waals surface area contributed by atoms with Crippen molar-refractivity contribution in [2.45, 2.75) is 25.2 Å². The van der Waals surface area contributed by atoms with Crippen LogP contribution in [-0.2, 0) is 0 Å². The Morgan fingerprint density at radius 1 is 1.62 bits per heavy atom. The van der Waals surface area contributed by atoms with Gasteiger partial charge in [0.05, 0.1) is 11.8 Å². The molecular formula is C8H14N2O2S. The van der Waals surface area contributed by atoms with E-state index >= 15 is 0 Å². The SMILES string of the molecule is Cc1nc(SCC(O)CN)oc1C. The summed E-state index contributed by atoms with van der Waals surface area (Å²) in [5.41, 5.74) is 6.15. The Hall–Kier alpha value is -0.520. The fourth-order valence-corrected chi connectivity index (χ4v) is 1.60. The molecule has 1 aromatic heterocycles. The van der Waals surface area contributed by atoms with Crippen LogP contribution < -0.4 is 5.73 Å². The monoisotopic (exact) mass is 202 g/mol.